The third-order valence-electron chi connectivity index (χ3n) is 6.86. The minimum Gasteiger partial charge on any atom is -0.481 e. The van der Waals surface area contributed by atoms with E-state index in [-0.39, 0.29) is 24.7 Å². The van der Waals surface area contributed by atoms with Gasteiger partial charge in [-0.2, -0.15) is 0 Å². The minimum atomic E-state index is -1.14. The van der Waals surface area contributed by atoms with E-state index in [1.54, 1.807) is 0 Å². The number of carboxylic acid groups (broad SMARTS) is 1. The van der Waals surface area contributed by atoms with E-state index < -0.39 is 24.6 Å². The molecule has 0 aliphatic carbocycles. The van der Waals surface area contributed by atoms with Gasteiger partial charge in [0.05, 0.1) is 29.9 Å². The van der Waals surface area contributed by atoms with Gasteiger partial charge in [-0.3, -0.25) is 9.59 Å². The average Bonchev–Trinajstić information content (AvgIpc) is 3.28. The van der Waals surface area contributed by atoms with Crippen LogP contribution in [0, 0.1) is 0 Å². The Kier molecular flexibility index (Phi) is 9.53. The molecule has 1 amide bonds. The molecule has 0 unspecified atom stereocenters. The van der Waals surface area contributed by atoms with Crippen LogP contribution < -0.4 is 5.32 Å². The lowest BCUT2D eigenvalue weighted by molar-refractivity contribution is -0.139. The average molecular weight is 543 g/mol. The van der Waals surface area contributed by atoms with Crippen molar-refractivity contribution in [2.75, 3.05) is 5.32 Å². The Bertz CT molecular complexity index is 1420. The molecule has 3 aromatic carbocycles. The Morgan fingerprint density at radius 3 is 2.00 bits per heavy atom. The second-order valence-electron chi connectivity index (χ2n) is 10.3. The van der Waals surface area contributed by atoms with Crippen LogP contribution in [0.25, 0.3) is 22.4 Å². The number of hydrogen-bond acceptors (Lipinski definition) is 4. The molecule has 0 spiro atoms. The Morgan fingerprint density at radius 1 is 0.850 bits per heavy atom. The maximum atomic E-state index is 14.1. The Labute approximate surface area is 234 Å². The summed E-state index contributed by atoms with van der Waals surface area (Å²) in [6.07, 6.45) is -2.24. The molecule has 2 atom stereocenters. The monoisotopic (exact) mass is 542 g/mol. The van der Waals surface area contributed by atoms with Crippen LogP contribution in [0.15, 0.2) is 91.0 Å². The highest BCUT2D eigenvalue weighted by Gasteiger charge is 2.30. The topological polar surface area (TPSA) is 112 Å². The standard InChI is InChI=1S/C33H36N2O5/c1-22(2)31-30(33(40)34-25-16-10-5-11-17-25)29(23-12-6-3-7-13-23)32(24-14-8-4-9-15-24)35(31)19-18-26(36)20-27(37)21-28(38)39/h3-17,22,26-27,36-37H,18-21H2,1-2H3,(H,34,40)(H,38,39)/t26-,27-/m1/s1/i29+2. The normalized spacial score (nSPS) is 12.7. The molecule has 4 aromatic rings. The van der Waals surface area contributed by atoms with Gasteiger partial charge in [0, 0.05) is 23.5 Å². The number of nitrogens with zero attached hydrogens (tertiary/aromatic N) is 1. The molecule has 4 N–H and O–H groups in total. The van der Waals surface area contributed by atoms with Gasteiger partial charge in [-0.25, -0.2) is 0 Å². The van der Waals surface area contributed by atoms with E-state index in [9.17, 15) is 19.8 Å². The molecule has 0 radical (unpaired) electrons. The van der Waals surface area contributed by atoms with E-state index in [1.165, 1.54) is 0 Å². The number of aliphatic hydroxyl groups excluding tert-OH is 2. The lowest BCUT2D eigenvalue weighted by Gasteiger charge is -2.20. The zero-order valence-corrected chi connectivity index (χ0v) is 22.8. The van der Waals surface area contributed by atoms with E-state index in [2.05, 4.69) is 9.88 Å². The predicted octanol–water partition coefficient (Wildman–Crippen LogP) is 6.17. The molecule has 7 nitrogen and oxygen atoms in total. The molecule has 40 heavy (non-hydrogen) atoms. The van der Waals surface area contributed by atoms with Crippen LogP contribution in [0.3, 0.4) is 0 Å². The van der Waals surface area contributed by atoms with Gasteiger partial charge in [-0.1, -0.05) is 92.7 Å². The van der Waals surface area contributed by atoms with Crippen LogP contribution in [0.5, 0.6) is 0 Å². The molecule has 4 rings (SSSR count). The summed E-state index contributed by atoms with van der Waals surface area (Å²) < 4.78 is 2.11. The molecular formula is C33H36N2O5. The van der Waals surface area contributed by atoms with Crippen LogP contribution in [-0.2, 0) is 11.3 Å². The number of hydrogen-bond donors (Lipinski definition) is 4. The number of aliphatic carboxylic acids is 1. The first kappa shape index (κ1) is 28.8. The SMILES string of the molecule is CC(C)c1c(C(=O)Nc2ccccc2)[14c](-c2ccccc2)c(-c2ccccc2)n1CC[C@@H](O)C[C@@H](O)CC(=O)O. The largest absolute Gasteiger partial charge is 0.481 e. The summed E-state index contributed by atoms with van der Waals surface area (Å²) >= 11 is 0. The third kappa shape index (κ3) is 6.86. The summed E-state index contributed by atoms with van der Waals surface area (Å²) in [7, 11) is 0. The first-order valence-corrected chi connectivity index (χ1v) is 13.6. The predicted molar refractivity (Wildman–Crippen MR) is 157 cm³/mol. The van der Waals surface area contributed by atoms with Crippen molar-refractivity contribution in [3.63, 3.8) is 0 Å². The van der Waals surface area contributed by atoms with E-state index in [0.717, 1.165) is 28.1 Å². The van der Waals surface area contributed by atoms with Crippen molar-refractivity contribution in [2.45, 2.75) is 57.8 Å². The maximum absolute atomic E-state index is 14.1. The molecule has 7 heteroatoms. The number of aromatic nitrogens is 1. The first-order valence-electron chi connectivity index (χ1n) is 13.6. The number of aliphatic hydroxyl groups is 2. The van der Waals surface area contributed by atoms with Gasteiger partial charge in [0.15, 0.2) is 0 Å². The van der Waals surface area contributed by atoms with Gasteiger partial charge in [0.2, 0.25) is 0 Å². The summed E-state index contributed by atoms with van der Waals surface area (Å²) in [4.78, 5) is 25.0. The first-order chi connectivity index (χ1) is 19.3. The molecule has 0 aliphatic rings. The second-order valence-corrected chi connectivity index (χ2v) is 10.3. The smallest absolute Gasteiger partial charge is 0.305 e. The number of rotatable bonds is 12. The van der Waals surface area contributed by atoms with Crippen LogP contribution in [0.1, 0.15) is 55.1 Å². The Balaban J connectivity index is 1.87. The van der Waals surface area contributed by atoms with Gasteiger partial charge >= 0.3 is 5.97 Å². The fourth-order valence-electron chi connectivity index (χ4n) is 5.19. The molecule has 0 bridgehead atoms. The molecule has 1 aromatic heterocycles. The molecule has 0 fully saturated rings. The van der Waals surface area contributed by atoms with Gasteiger partial charge < -0.3 is 25.2 Å². The fourth-order valence-corrected chi connectivity index (χ4v) is 5.19. The number of carboxylic acids is 1. The maximum Gasteiger partial charge on any atom is 0.305 e. The lowest BCUT2D eigenvalue weighted by Crippen LogP contribution is -2.22. The summed E-state index contributed by atoms with van der Waals surface area (Å²) in [6, 6.07) is 29.0. The molecule has 0 saturated carbocycles. The fraction of sp³-hybridized carbons (Fsp3) is 0.273. The molecule has 208 valence electrons. The number of carbonyl (C=O) groups excluding carboxylic acids is 1. The van der Waals surface area contributed by atoms with Crippen molar-refractivity contribution in [1.82, 2.24) is 4.57 Å². The van der Waals surface area contributed by atoms with E-state index >= 15 is 0 Å². The third-order valence-corrected chi connectivity index (χ3v) is 6.86. The molecular weight excluding hydrogens is 506 g/mol. The second kappa shape index (κ2) is 13.2. The van der Waals surface area contributed by atoms with Crippen LogP contribution in [0.2, 0.25) is 0 Å². The summed E-state index contributed by atoms with van der Waals surface area (Å²) in [5, 5.41) is 32.9. The Hall–Kier alpha value is -4.20. The lowest BCUT2D eigenvalue weighted by atomic mass is 10.0. The highest BCUT2D eigenvalue weighted by Crippen LogP contribution is 2.42. The van der Waals surface area contributed by atoms with Gasteiger partial charge in [-0.05, 0) is 42.0 Å². The van der Waals surface area contributed by atoms with Gasteiger partial charge in [0.25, 0.3) is 5.91 Å². The van der Waals surface area contributed by atoms with Crippen molar-refractivity contribution < 1.29 is 24.9 Å². The highest BCUT2D eigenvalue weighted by molar-refractivity contribution is 6.12. The van der Waals surface area contributed by atoms with Gasteiger partial charge in [0.1, 0.15) is 0 Å². The van der Waals surface area contributed by atoms with Crippen molar-refractivity contribution in [1.29, 1.82) is 0 Å². The van der Waals surface area contributed by atoms with E-state index in [0.29, 0.717) is 17.8 Å². The van der Waals surface area contributed by atoms with Crippen molar-refractivity contribution in [3.8, 4) is 22.4 Å². The highest BCUT2D eigenvalue weighted by atomic mass is 16.4. The summed E-state index contributed by atoms with van der Waals surface area (Å²) in [6.45, 7) is 4.46. The van der Waals surface area contributed by atoms with Crippen molar-refractivity contribution in [3.05, 3.63) is 102 Å². The minimum absolute atomic E-state index is 0.0359. The number of para-hydroxylation sites is 1. The zero-order valence-electron chi connectivity index (χ0n) is 22.8. The van der Waals surface area contributed by atoms with Gasteiger partial charge in [-0.15, -0.1) is 0 Å². The molecule has 0 aliphatic heterocycles. The number of amides is 1. The van der Waals surface area contributed by atoms with E-state index in [4.69, 9.17) is 5.11 Å². The van der Waals surface area contributed by atoms with Crippen molar-refractivity contribution >= 4 is 17.6 Å². The quantitative estimate of drug-likeness (QED) is 0.171. The van der Waals surface area contributed by atoms with Crippen LogP contribution in [0.4, 0.5) is 5.69 Å². The number of carbonyl (C=O) groups is 2. The zero-order chi connectivity index (χ0) is 28.6. The number of nitrogens with one attached hydrogen (secondary N) is 1. The van der Waals surface area contributed by atoms with Crippen LogP contribution >= 0.6 is 0 Å². The summed E-state index contributed by atoms with van der Waals surface area (Å²) in [5.74, 6) is -1.37. The molecule has 0 saturated heterocycles. The van der Waals surface area contributed by atoms with E-state index in [1.807, 2.05) is 105 Å². The van der Waals surface area contributed by atoms with Crippen LogP contribution in [-0.4, -0.2) is 44.0 Å². The summed E-state index contributed by atoms with van der Waals surface area (Å²) in [5.41, 5.74) is 5.61. The number of benzene rings is 3. The van der Waals surface area contributed by atoms with Crippen molar-refractivity contribution in [2.24, 2.45) is 0 Å². The number of anilines is 1. The molecule has 1 heterocycles. The Morgan fingerprint density at radius 2 is 1.43 bits per heavy atom.